The van der Waals surface area contributed by atoms with Gasteiger partial charge in [0.2, 0.25) is 5.91 Å². The molecule has 17 heavy (non-hydrogen) atoms. The van der Waals surface area contributed by atoms with Gasteiger partial charge in [0, 0.05) is 7.05 Å². The number of hydrogen-bond donors (Lipinski definition) is 1. The third kappa shape index (κ3) is 2.20. The van der Waals surface area contributed by atoms with Crippen molar-refractivity contribution in [3.63, 3.8) is 0 Å². The van der Waals surface area contributed by atoms with Crippen LogP contribution in [0.1, 0.15) is 17.0 Å². The van der Waals surface area contributed by atoms with E-state index in [1.807, 2.05) is 12.1 Å². The van der Waals surface area contributed by atoms with Crippen molar-refractivity contribution in [2.45, 2.75) is 12.3 Å². The normalized spacial score (nSPS) is 16.1. The highest BCUT2D eigenvalue weighted by atomic mass is 32.1. The highest BCUT2D eigenvalue weighted by Gasteiger charge is 2.33. The van der Waals surface area contributed by atoms with Crippen LogP contribution in [0.3, 0.4) is 0 Å². The van der Waals surface area contributed by atoms with E-state index in [9.17, 15) is 4.79 Å². The van der Waals surface area contributed by atoms with Gasteiger partial charge in [0.15, 0.2) is 11.5 Å². The zero-order chi connectivity index (χ0) is 11.7. The highest BCUT2D eigenvalue weighted by molar-refractivity contribution is 7.59. The van der Waals surface area contributed by atoms with Gasteiger partial charge in [-0.25, -0.2) is 0 Å². The maximum absolute atomic E-state index is 11.5. The molecule has 5 heteroatoms. The fourth-order valence-electron chi connectivity index (χ4n) is 2.04. The largest absolute Gasteiger partial charge is 0.493 e. The molecular formula is C12H17NO3S. The number of likely N-dealkylation sites (N-methyl/N-ethyl adjacent to an activating group) is 1. The van der Waals surface area contributed by atoms with E-state index in [4.69, 9.17) is 9.47 Å². The van der Waals surface area contributed by atoms with E-state index in [0.29, 0.717) is 5.75 Å². The Morgan fingerprint density at radius 2 is 1.88 bits per heavy atom. The number of carbonyl (C=O) groups excluding carboxylic acids is 1. The van der Waals surface area contributed by atoms with Crippen molar-refractivity contribution >= 4 is 19.4 Å². The van der Waals surface area contributed by atoms with Crippen LogP contribution in [0.4, 0.5) is 0 Å². The number of fused-ring (bicyclic) bond motifs is 1. The van der Waals surface area contributed by atoms with E-state index in [1.54, 1.807) is 21.3 Å². The quantitative estimate of drug-likeness (QED) is 0.883. The minimum absolute atomic E-state index is 0. The predicted octanol–water partition coefficient (Wildman–Crippen LogP) is 1.20. The molecule has 0 saturated heterocycles. The first-order valence-electron chi connectivity index (χ1n) is 5.17. The minimum atomic E-state index is -0.0418. The lowest BCUT2D eigenvalue weighted by atomic mass is 9.76. The summed E-state index contributed by atoms with van der Waals surface area (Å²) in [7, 11) is 4.86. The Balaban J connectivity index is 0.00000144. The zero-order valence-electron chi connectivity index (χ0n) is 10.2. The number of hydrogen-bond acceptors (Lipinski definition) is 3. The number of benzene rings is 1. The first-order chi connectivity index (χ1) is 7.71. The van der Waals surface area contributed by atoms with Crippen LogP contribution in [0.15, 0.2) is 12.1 Å². The van der Waals surface area contributed by atoms with Crippen LogP contribution in [-0.4, -0.2) is 27.2 Å². The average Bonchev–Trinajstić information content (AvgIpc) is 2.30. The van der Waals surface area contributed by atoms with E-state index in [1.165, 1.54) is 0 Å². The molecule has 0 unspecified atom stereocenters. The molecule has 1 aliphatic carbocycles. The smallest absolute Gasteiger partial charge is 0.227 e. The van der Waals surface area contributed by atoms with Gasteiger partial charge in [0.1, 0.15) is 0 Å². The standard InChI is InChI=1S/C12H15NO3.H2S/c1-13-12(14)9-4-7-5-10(15-2)11(16-3)6-8(7)9;/h5-6,9H,4H2,1-3H3,(H,13,14);1H2/t9-;/m0./s1. The molecule has 1 atom stereocenters. The number of nitrogens with one attached hydrogen (secondary N) is 1. The second-order valence-corrected chi connectivity index (χ2v) is 3.78. The lowest BCUT2D eigenvalue weighted by Crippen LogP contribution is -2.33. The molecule has 1 aromatic rings. The van der Waals surface area contributed by atoms with Gasteiger partial charge in [-0.15, -0.1) is 0 Å². The molecule has 0 aliphatic heterocycles. The Morgan fingerprint density at radius 3 is 2.41 bits per heavy atom. The molecule has 2 rings (SSSR count). The minimum Gasteiger partial charge on any atom is -0.493 e. The van der Waals surface area contributed by atoms with Gasteiger partial charge in [0.05, 0.1) is 20.1 Å². The highest BCUT2D eigenvalue weighted by Crippen LogP contribution is 2.42. The Hall–Kier alpha value is -1.36. The molecular weight excluding hydrogens is 238 g/mol. The third-order valence-corrected chi connectivity index (χ3v) is 3.01. The first kappa shape index (κ1) is 13.7. The van der Waals surface area contributed by atoms with Crippen LogP contribution in [0.5, 0.6) is 11.5 Å². The fourth-order valence-corrected chi connectivity index (χ4v) is 2.04. The Labute approximate surface area is 108 Å². The predicted molar refractivity (Wildman–Crippen MR) is 70.4 cm³/mol. The molecule has 1 aliphatic rings. The molecule has 4 nitrogen and oxygen atoms in total. The Bertz CT molecular complexity index is 434. The van der Waals surface area contributed by atoms with Gasteiger partial charge in [-0.1, -0.05) is 0 Å². The maximum Gasteiger partial charge on any atom is 0.227 e. The van der Waals surface area contributed by atoms with Crippen molar-refractivity contribution in [1.29, 1.82) is 0 Å². The van der Waals surface area contributed by atoms with E-state index >= 15 is 0 Å². The SMILES string of the molecule is CNC(=O)[C@H]1Cc2cc(OC)c(OC)cc21.S. The monoisotopic (exact) mass is 255 g/mol. The van der Waals surface area contributed by atoms with E-state index in [0.717, 1.165) is 23.3 Å². The second-order valence-electron chi connectivity index (χ2n) is 3.78. The van der Waals surface area contributed by atoms with Crippen LogP contribution < -0.4 is 14.8 Å². The maximum atomic E-state index is 11.5. The first-order valence-corrected chi connectivity index (χ1v) is 5.17. The van der Waals surface area contributed by atoms with Gasteiger partial charge in [-0.2, -0.15) is 13.5 Å². The van der Waals surface area contributed by atoms with Gasteiger partial charge in [-0.3, -0.25) is 4.79 Å². The van der Waals surface area contributed by atoms with Crippen LogP contribution in [0.2, 0.25) is 0 Å². The lowest BCUT2D eigenvalue weighted by molar-refractivity contribution is -0.122. The Kier molecular flexibility index (Phi) is 4.28. The third-order valence-electron chi connectivity index (χ3n) is 3.01. The fraction of sp³-hybridized carbons (Fsp3) is 0.417. The molecule has 0 heterocycles. The summed E-state index contributed by atoms with van der Waals surface area (Å²) in [5, 5.41) is 2.66. The zero-order valence-corrected chi connectivity index (χ0v) is 11.2. The molecule has 1 amide bonds. The molecule has 94 valence electrons. The number of methoxy groups -OCH3 is 2. The summed E-state index contributed by atoms with van der Waals surface area (Å²) in [6.07, 6.45) is 0.773. The summed E-state index contributed by atoms with van der Waals surface area (Å²) in [6.45, 7) is 0. The van der Waals surface area contributed by atoms with Crippen molar-refractivity contribution in [3.8, 4) is 11.5 Å². The van der Waals surface area contributed by atoms with Crippen molar-refractivity contribution in [3.05, 3.63) is 23.3 Å². The van der Waals surface area contributed by atoms with Crippen molar-refractivity contribution in [2.75, 3.05) is 21.3 Å². The van der Waals surface area contributed by atoms with Gasteiger partial charge in [0.25, 0.3) is 0 Å². The Morgan fingerprint density at radius 1 is 1.29 bits per heavy atom. The number of ether oxygens (including phenoxy) is 2. The van der Waals surface area contributed by atoms with E-state index in [2.05, 4.69) is 5.32 Å². The van der Waals surface area contributed by atoms with Gasteiger partial charge < -0.3 is 14.8 Å². The van der Waals surface area contributed by atoms with Crippen molar-refractivity contribution in [1.82, 2.24) is 5.32 Å². The summed E-state index contributed by atoms with van der Waals surface area (Å²) >= 11 is 0. The molecule has 0 bridgehead atoms. The van der Waals surface area contributed by atoms with Crippen LogP contribution in [0, 0.1) is 0 Å². The van der Waals surface area contributed by atoms with Crippen molar-refractivity contribution in [2.24, 2.45) is 0 Å². The molecule has 1 N–H and O–H groups in total. The second kappa shape index (κ2) is 5.31. The number of amides is 1. The average molecular weight is 255 g/mol. The van der Waals surface area contributed by atoms with E-state index in [-0.39, 0.29) is 25.3 Å². The molecule has 0 saturated carbocycles. The number of carbonyl (C=O) groups is 1. The molecule has 0 spiro atoms. The molecule has 0 aromatic heterocycles. The molecule has 0 fully saturated rings. The topological polar surface area (TPSA) is 47.6 Å². The van der Waals surface area contributed by atoms with Crippen LogP contribution in [0.25, 0.3) is 0 Å². The lowest BCUT2D eigenvalue weighted by Gasteiger charge is -2.29. The summed E-state index contributed by atoms with van der Waals surface area (Å²) in [4.78, 5) is 11.5. The summed E-state index contributed by atoms with van der Waals surface area (Å²) in [5.74, 6) is 1.41. The number of rotatable bonds is 3. The molecule has 0 radical (unpaired) electrons. The summed E-state index contributed by atoms with van der Waals surface area (Å²) < 4.78 is 10.4. The summed E-state index contributed by atoms with van der Waals surface area (Å²) in [5.41, 5.74) is 2.20. The van der Waals surface area contributed by atoms with Crippen LogP contribution >= 0.6 is 13.5 Å². The van der Waals surface area contributed by atoms with Crippen LogP contribution in [-0.2, 0) is 11.2 Å². The van der Waals surface area contributed by atoms with E-state index < -0.39 is 0 Å². The van der Waals surface area contributed by atoms with Gasteiger partial charge in [-0.05, 0) is 29.7 Å². The van der Waals surface area contributed by atoms with Crippen molar-refractivity contribution < 1.29 is 14.3 Å². The summed E-state index contributed by atoms with van der Waals surface area (Å²) in [6, 6.07) is 3.82. The molecule has 1 aromatic carbocycles. The van der Waals surface area contributed by atoms with Gasteiger partial charge >= 0.3 is 0 Å².